The van der Waals surface area contributed by atoms with Crippen molar-refractivity contribution < 1.29 is 4.79 Å². The molecule has 5 heteroatoms. The molecule has 0 radical (unpaired) electrons. The zero-order valence-corrected chi connectivity index (χ0v) is 13.8. The van der Waals surface area contributed by atoms with Crippen LogP contribution in [0.1, 0.15) is 25.8 Å². The van der Waals surface area contributed by atoms with Gasteiger partial charge in [-0.1, -0.05) is 31.5 Å². The quantitative estimate of drug-likeness (QED) is 0.928. The molecule has 0 spiro atoms. The summed E-state index contributed by atoms with van der Waals surface area (Å²) in [5.41, 5.74) is 2.25. The number of rotatable bonds is 4. The van der Waals surface area contributed by atoms with E-state index in [1.165, 1.54) is 5.56 Å². The fourth-order valence-corrected chi connectivity index (χ4v) is 2.65. The van der Waals surface area contributed by atoms with E-state index in [1.54, 1.807) is 4.90 Å². The van der Waals surface area contributed by atoms with Crippen molar-refractivity contribution in [2.24, 2.45) is 0 Å². The summed E-state index contributed by atoms with van der Waals surface area (Å²) in [7, 11) is 1.87. The number of hydrogen-bond donors (Lipinski definition) is 1. The van der Waals surface area contributed by atoms with Gasteiger partial charge < -0.3 is 15.1 Å². The first-order valence-electron chi connectivity index (χ1n) is 7.48. The monoisotopic (exact) mass is 309 g/mol. The minimum atomic E-state index is 0.162. The van der Waals surface area contributed by atoms with Crippen LogP contribution in [-0.4, -0.2) is 43.5 Å². The van der Waals surface area contributed by atoms with E-state index in [9.17, 15) is 4.79 Å². The molecule has 1 amide bonds. The molecule has 0 aliphatic carbocycles. The van der Waals surface area contributed by atoms with Gasteiger partial charge in [0.15, 0.2) is 0 Å². The molecular weight excluding hydrogens is 286 g/mol. The van der Waals surface area contributed by atoms with Crippen LogP contribution in [0.25, 0.3) is 0 Å². The van der Waals surface area contributed by atoms with Gasteiger partial charge in [0.05, 0.1) is 6.54 Å². The lowest BCUT2D eigenvalue weighted by Crippen LogP contribution is -2.35. The molecule has 1 N–H and O–H groups in total. The fraction of sp³-hybridized carbons (Fsp3) is 0.562. The molecule has 1 aliphatic rings. The number of carbonyl (C=O) groups is 1. The Labute approximate surface area is 132 Å². The second kappa shape index (κ2) is 7.14. The highest BCUT2D eigenvalue weighted by molar-refractivity contribution is 6.30. The van der Waals surface area contributed by atoms with Crippen molar-refractivity contribution in [2.75, 3.05) is 31.6 Å². The zero-order valence-electron chi connectivity index (χ0n) is 13.0. The molecule has 1 aromatic rings. The SMILES string of the molecule is CC(C)NCc1ccc(Cl)cc1N1CCCN(C)C(=O)C1. The van der Waals surface area contributed by atoms with Gasteiger partial charge in [0.2, 0.25) is 5.91 Å². The van der Waals surface area contributed by atoms with Crippen molar-refractivity contribution in [2.45, 2.75) is 32.9 Å². The van der Waals surface area contributed by atoms with E-state index in [2.05, 4.69) is 24.1 Å². The van der Waals surface area contributed by atoms with Gasteiger partial charge in [-0.15, -0.1) is 0 Å². The third-order valence-electron chi connectivity index (χ3n) is 3.76. The Kier molecular flexibility index (Phi) is 5.48. The number of hydrogen-bond acceptors (Lipinski definition) is 3. The smallest absolute Gasteiger partial charge is 0.241 e. The van der Waals surface area contributed by atoms with Crippen molar-refractivity contribution in [1.82, 2.24) is 10.2 Å². The van der Waals surface area contributed by atoms with E-state index in [-0.39, 0.29) is 5.91 Å². The van der Waals surface area contributed by atoms with Crippen molar-refractivity contribution in [3.63, 3.8) is 0 Å². The highest BCUT2D eigenvalue weighted by atomic mass is 35.5. The Bertz CT molecular complexity index is 504. The van der Waals surface area contributed by atoms with Gasteiger partial charge in [0.1, 0.15) is 0 Å². The molecule has 0 saturated carbocycles. The van der Waals surface area contributed by atoms with Crippen LogP contribution in [0.3, 0.4) is 0 Å². The molecule has 0 unspecified atom stereocenters. The molecule has 0 aromatic heterocycles. The minimum absolute atomic E-state index is 0.162. The Balaban J connectivity index is 2.23. The summed E-state index contributed by atoms with van der Waals surface area (Å²) < 4.78 is 0. The van der Waals surface area contributed by atoms with Crippen LogP contribution < -0.4 is 10.2 Å². The molecule has 1 fully saturated rings. The van der Waals surface area contributed by atoms with Gasteiger partial charge in [0, 0.05) is 43.4 Å². The maximum absolute atomic E-state index is 12.1. The lowest BCUT2D eigenvalue weighted by molar-refractivity contribution is -0.127. The van der Waals surface area contributed by atoms with Crippen LogP contribution in [0.15, 0.2) is 18.2 Å². The van der Waals surface area contributed by atoms with Crippen molar-refractivity contribution in [3.8, 4) is 0 Å². The van der Waals surface area contributed by atoms with Gasteiger partial charge in [-0.2, -0.15) is 0 Å². The Hall–Kier alpha value is -1.26. The number of amides is 1. The molecule has 21 heavy (non-hydrogen) atoms. The van der Waals surface area contributed by atoms with Crippen LogP contribution in [-0.2, 0) is 11.3 Å². The molecule has 2 rings (SSSR count). The molecule has 116 valence electrons. The molecule has 0 atom stereocenters. The van der Waals surface area contributed by atoms with Gasteiger partial charge in [-0.3, -0.25) is 4.79 Å². The third-order valence-corrected chi connectivity index (χ3v) is 4.00. The Morgan fingerprint density at radius 3 is 2.81 bits per heavy atom. The minimum Gasteiger partial charge on any atom is -0.362 e. The lowest BCUT2D eigenvalue weighted by atomic mass is 10.1. The summed E-state index contributed by atoms with van der Waals surface area (Å²) in [6.07, 6.45) is 0.978. The van der Waals surface area contributed by atoms with E-state index < -0.39 is 0 Å². The number of likely N-dealkylation sites (N-methyl/N-ethyl adjacent to an activating group) is 1. The Morgan fingerprint density at radius 2 is 2.10 bits per heavy atom. The van der Waals surface area contributed by atoms with Crippen molar-refractivity contribution >= 4 is 23.2 Å². The maximum Gasteiger partial charge on any atom is 0.241 e. The van der Waals surface area contributed by atoms with Gasteiger partial charge in [-0.25, -0.2) is 0 Å². The summed E-state index contributed by atoms with van der Waals surface area (Å²) in [5.74, 6) is 0.162. The summed E-state index contributed by atoms with van der Waals surface area (Å²) in [6.45, 7) is 7.15. The van der Waals surface area contributed by atoms with Gasteiger partial charge >= 0.3 is 0 Å². The number of nitrogens with one attached hydrogen (secondary N) is 1. The number of halogens is 1. The maximum atomic E-state index is 12.1. The van der Waals surface area contributed by atoms with E-state index in [0.29, 0.717) is 17.6 Å². The third kappa shape index (κ3) is 4.35. The van der Waals surface area contributed by atoms with E-state index >= 15 is 0 Å². The summed E-state index contributed by atoms with van der Waals surface area (Å²) in [6, 6.07) is 6.35. The van der Waals surface area contributed by atoms with E-state index in [4.69, 9.17) is 11.6 Å². The van der Waals surface area contributed by atoms with Gasteiger partial charge in [-0.05, 0) is 24.1 Å². The van der Waals surface area contributed by atoms with E-state index in [0.717, 1.165) is 31.7 Å². The normalized spacial score (nSPS) is 16.5. The summed E-state index contributed by atoms with van der Waals surface area (Å²) in [5, 5.41) is 4.14. The first-order chi connectivity index (χ1) is 9.97. The van der Waals surface area contributed by atoms with Crippen LogP contribution >= 0.6 is 11.6 Å². The van der Waals surface area contributed by atoms with Crippen LogP contribution in [0.4, 0.5) is 5.69 Å². The molecule has 0 bridgehead atoms. The molecule has 1 saturated heterocycles. The van der Waals surface area contributed by atoms with Crippen LogP contribution in [0.5, 0.6) is 0 Å². The lowest BCUT2D eigenvalue weighted by Gasteiger charge is -2.25. The van der Waals surface area contributed by atoms with Gasteiger partial charge in [0.25, 0.3) is 0 Å². The molecule has 1 aromatic carbocycles. The van der Waals surface area contributed by atoms with Crippen LogP contribution in [0.2, 0.25) is 5.02 Å². The average molecular weight is 310 g/mol. The number of carbonyl (C=O) groups excluding carboxylic acids is 1. The number of nitrogens with zero attached hydrogens (tertiary/aromatic N) is 2. The van der Waals surface area contributed by atoms with E-state index in [1.807, 2.05) is 25.2 Å². The fourth-order valence-electron chi connectivity index (χ4n) is 2.49. The zero-order chi connectivity index (χ0) is 15.4. The number of anilines is 1. The first kappa shape index (κ1) is 16.1. The van der Waals surface area contributed by atoms with Crippen molar-refractivity contribution in [3.05, 3.63) is 28.8 Å². The topological polar surface area (TPSA) is 35.6 Å². The highest BCUT2D eigenvalue weighted by Crippen LogP contribution is 2.26. The predicted molar refractivity (Wildman–Crippen MR) is 87.9 cm³/mol. The highest BCUT2D eigenvalue weighted by Gasteiger charge is 2.21. The molecule has 1 aliphatic heterocycles. The average Bonchev–Trinajstić information content (AvgIpc) is 2.59. The largest absolute Gasteiger partial charge is 0.362 e. The standard InChI is InChI=1S/C16H24ClN3O/c1-12(2)18-10-13-5-6-14(17)9-15(13)20-8-4-7-19(3)16(21)11-20/h5-6,9,12,18H,4,7-8,10-11H2,1-3H3. The molecule has 1 heterocycles. The predicted octanol–water partition coefficient (Wildman–Crippen LogP) is 2.51. The second-order valence-electron chi connectivity index (χ2n) is 5.90. The molecular formula is C16H24ClN3O. The number of benzene rings is 1. The van der Waals surface area contributed by atoms with Crippen molar-refractivity contribution in [1.29, 1.82) is 0 Å². The van der Waals surface area contributed by atoms with Crippen LogP contribution in [0, 0.1) is 0 Å². The second-order valence-corrected chi connectivity index (χ2v) is 6.34. The molecule has 4 nitrogen and oxygen atoms in total. The summed E-state index contributed by atoms with van der Waals surface area (Å²) >= 11 is 6.16. The summed E-state index contributed by atoms with van der Waals surface area (Å²) in [4.78, 5) is 16.0. The first-order valence-corrected chi connectivity index (χ1v) is 7.86. The Morgan fingerprint density at radius 1 is 1.33 bits per heavy atom.